The molecule has 8 heteroatoms. The average molecular weight is 390 g/mol. The van der Waals surface area contributed by atoms with E-state index in [9.17, 15) is 18.0 Å². The van der Waals surface area contributed by atoms with Crippen LogP contribution in [0, 0.1) is 6.92 Å². The number of aryl methyl sites for hydroxylation is 1. The molecule has 0 heterocycles. The number of sulfonamides is 1. The molecule has 144 valence electrons. The van der Waals surface area contributed by atoms with E-state index in [1.807, 2.05) is 6.92 Å². The molecule has 0 saturated carbocycles. The molecule has 27 heavy (non-hydrogen) atoms. The van der Waals surface area contributed by atoms with Gasteiger partial charge in [-0.3, -0.25) is 4.79 Å². The lowest BCUT2D eigenvalue weighted by Crippen LogP contribution is -2.38. The maximum Gasteiger partial charge on any atom is 0.339 e. The molecular formula is C19H22N2O5S. The summed E-state index contributed by atoms with van der Waals surface area (Å²) in [6.45, 7) is 3.27. The Balaban J connectivity index is 2.16. The molecule has 0 fully saturated rings. The molecule has 0 aromatic heterocycles. The van der Waals surface area contributed by atoms with Gasteiger partial charge in [0.25, 0.3) is 0 Å². The molecule has 1 amide bonds. The summed E-state index contributed by atoms with van der Waals surface area (Å²) in [7, 11) is -2.43. The van der Waals surface area contributed by atoms with Crippen LogP contribution in [0.3, 0.4) is 0 Å². The number of anilines is 1. The van der Waals surface area contributed by atoms with Crippen LogP contribution in [-0.4, -0.2) is 40.5 Å². The Labute approximate surface area is 159 Å². The highest BCUT2D eigenvalue weighted by molar-refractivity contribution is 7.89. The maximum absolute atomic E-state index is 12.4. The van der Waals surface area contributed by atoms with E-state index in [0.29, 0.717) is 5.69 Å². The molecular weight excluding hydrogens is 368 g/mol. The molecule has 7 nitrogen and oxygen atoms in total. The summed E-state index contributed by atoms with van der Waals surface area (Å²) in [5.74, 6) is -0.891. The Kier molecular flexibility index (Phi) is 6.70. The van der Waals surface area contributed by atoms with Gasteiger partial charge in [-0.05, 0) is 31.2 Å². The number of nitrogens with zero attached hydrogens (tertiary/aromatic N) is 1. The van der Waals surface area contributed by atoms with Crippen LogP contribution in [0.4, 0.5) is 5.69 Å². The van der Waals surface area contributed by atoms with E-state index in [-0.39, 0.29) is 29.5 Å². The van der Waals surface area contributed by atoms with Crippen molar-refractivity contribution in [2.24, 2.45) is 0 Å². The molecule has 2 aromatic carbocycles. The molecule has 0 saturated heterocycles. The van der Waals surface area contributed by atoms with Crippen molar-refractivity contribution in [3.63, 3.8) is 0 Å². The molecule has 0 radical (unpaired) electrons. The maximum atomic E-state index is 12.4. The van der Waals surface area contributed by atoms with E-state index < -0.39 is 16.0 Å². The minimum atomic E-state index is -3.69. The van der Waals surface area contributed by atoms with Crippen LogP contribution >= 0.6 is 0 Å². The lowest BCUT2D eigenvalue weighted by Gasteiger charge is -2.23. The van der Waals surface area contributed by atoms with Crippen LogP contribution in [-0.2, 0) is 19.6 Å². The highest BCUT2D eigenvalue weighted by Crippen LogP contribution is 2.21. The molecule has 0 aliphatic carbocycles. The molecule has 2 aromatic rings. The SMILES string of the molecule is COC(=O)c1ccccc1N(CCNS(=O)(=O)c1ccc(C)cc1)C(C)=O. The summed E-state index contributed by atoms with van der Waals surface area (Å²) in [5.41, 5.74) is 1.55. The largest absolute Gasteiger partial charge is 0.465 e. The summed E-state index contributed by atoms with van der Waals surface area (Å²) < 4.78 is 31.9. The zero-order valence-corrected chi connectivity index (χ0v) is 16.2. The van der Waals surface area contributed by atoms with Crippen LogP contribution < -0.4 is 9.62 Å². The average Bonchev–Trinajstić information content (AvgIpc) is 2.64. The molecule has 0 bridgehead atoms. The summed E-state index contributed by atoms with van der Waals surface area (Å²) in [6, 6.07) is 13.0. The van der Waals surface area contributed by atoms with Crippen molar-refractivity contribution in [3.8, 4) is 0 Å². The predicted molar refractivity (Wildman–Crippen MR) is 102 cm³/mol. The van der Waals surface area contributed by atoms with Crippen molar-refractivity contribution in [2.75, 3.05) is 25.1 Å². The molecule has 0 aliphatic rings. The van der Waals surface area contributed by atoms with E-state index in [2.05, 4.69) is 4.72 Å². The quantitative estimate of drug-likeness (QED) is 0.731. The molecule has 0 atom stereocenters. The summed E-state index contributed by atoms with van der Waals surface area (Å²) in [5, 5.41) is 0. The zero-order chi connectivity index (χ0) is 20.0. The highest BCUT2D eigenvalue weighted by Gasteiger charge is 2.20. The highest BCUT2D eigenvalue weighted by atomic mass is 32.2. The third kappa shape index (κ3) is 5.15. The fourth-order valence-corrected chi connectivity index (χ4v) is 3.55. The van der Waals surface area contributed by atoms with Gasteiger partial charge in [-0.2, -0.15) is 0 Å². The van der Waals surface area contributed by atoms with Gasteiger partial charge in [0.15, 0.2) is 0 Å². The second-order valence-electron chi connectivity index (χ2n) is 5.89. The van der Waals surface area contributed by atoms with Crippen molar-refractivity contribution in [2.45, 2.75) is 18.7 Å². The van der Waals surface area contributed by atoms with E-state index in [1.165, 1.54) is 31.1 Å². The monoisotopic (exact) mass is 390 g/mol. The van der Waals surface area contributed by atoms with Crippen molar-refractivity contribution in [1.29, 1.82) is 0 Å². The second kappa shape index (κ2) is 8.79. The van der Waals surface area contributed by atoms with Crippen molar-refractivity contribution >= 4 is 27.6 Å². The van der Waals surface area contributed by atoms with Gasteiger partial charge < -0.3 is 9.64 Å². The predicted octanol–water partition coefficient (Wildman–Crippen LogP) is 2.11. The van der Waals surface area contributed by atoms with Gasteiger partial charge in [-0.15, -0.1) is 0 Å². The Bertz CT molecular complexity index is 923. The number of carbonyl (C=O) groups is 2. The molecule has 0 aliphatic heterocycles. The van der Waals surface area contributed by atoms with Gasteiger partial charge in [0.1, 0.15) is 0 Å². The topological polar surface area (TPSA) is 92.8 Å². The number of nitrogens with one attached hydrogen (secondary N) is 1. The minimum absolute atomic E-state index is 0.00863. The first-order valence-corrected chi connectivity index (χ1v) is 9.76. The standard InChI is InChI=1S/C19H22N2O5S/c1-14-8-10-16(11-9-14)27(24,25)20-12-13-21(15(2)22)18-7-5-4-6-17(18)19(23)26-3/h4-11,20H,12-13H2,1-3H3. The normalized spacial score (nSPS) is 11.1. The number of amides is 1. The summed E-state index contributed by atoms with van der Waals surface area (Å²) in [6.07, 6.45) is 0. The fraction of sp³-hybridized carbons (Fsp3) is 0.263. The molecule has 1 N–H and O–H groups in total. The second-order valence-corrected chi connectivity index (χ2v) is 7.66. The number of benzene rings is 2. The Morgan fingerprint density at radius 1 is 1.07 bits per heavy atom. The van der Waals surface area contributed by atoms with Crippen LogP contribution in [0.25, 0.3) is 0 Å². The lowest BCUT2D eigenvalue weighted by atomic mass is 10.1. The van der Waals surface area contributed by atoms with E-state index >= 15 is 0 Å². The number of hydrogen-bond donors (Lipinski definition) is 1. The number of para-hydroxylation sites is 1. The molecule has 0 spiro atoms. The first-order chi connectivity index (χ1) is 12.8. The van der Waals surface area contributed by atoms with Gasteiger partial charge in [0.2, 0.25) is 15.9 Å². The number of rotatable bonds is 7. The number of hydrogen-bond acceptors (Lipinski definition) is 5. The van der Waals surface area contributed by atoms with Crippen LogP contribution in [0.2, 0.25) is 0 Å². The van der Waals surface area contributed by atoms with Crippen LogP contribution in [0.15, 0.2) is 53.4 Å². The van der Waals surface area contributed by atoms with Gasteiger partial charge in [0.05, 0.1) is 23.3 Å². The van der Waals surface area contributed by atoms with Crippen molar-refractivity contribution in [1.82, 2.24) is 4.72 Å². The third-order valence-corrected chi connectivity index (χ3v) is 5.42. The van der Waals surface area contributed by atoms with E-state index in [4.69, 9.17) is 4.74 Å². The van der Waals surface area contributed by atoms with E-state index in [1.54, 1.807) is 36.4 Å². The van der Waals surface area contributed by atoms with Gasteiger partial charge in [-0.1, -0.05) is 29.8 Å². The Hall–Kier alpha value is -2.71. The van der Waals surface area contributed by atoms with Crippen molar-refractivity contribution in [3.05, 3.63) is 59.7 Å². The van der Waals surface area contributed by atoms with Crippen LogP contribution in [0.5, 0.6) is 0 Å². The van der Waals surface area contributed by atoms with Crippen LogP contribution in [0.1, 0.15) is 22.8 Å². The fourth-order valence-electron chi connectivity index (χ4n) is 2.53. The smallest absolute Gasteiger partial charge is 0.339 e. The Morgan fingerprint density at radius 3 is 2.30 bits per heavy atom. The molecule has 0 unspecified atom stereocenters. The number of methoxy groups -OCH3 is 1. The Morgan fingerprint density at radius 2 is 1.70 bits per heavy atom. The van der Waals surface area contributed by atoms with Gasteiger partial charge in [-0.25, -0.2) is 17.9 Å². The van der Waals surface area contributed by atoms with Crippen molar-refractivity contribution < 1.29 is 22.7 Å². The van der Waals surface area contributed by atoms with Gasteiger partial charge in [0, 0.05) is 20.0 Å². The van der Waals surface area contributed by atoms with E-state index in [0.717, 1.165) is 5.56 Å². The number of carbonyl (C=O) groups excluding carboxylic acids is 2. The zero-order valence-electron chi connectivity index (χ0n) is 15.4. The van der Waals surface area contributed by atoms with Gasteiger partial charge >= 0.3 is 5.97 Å². The number of ether oxygens (including phenoxy) is 1. The minimum Gasteiger partial charge on any atom is -0.465 e. The lowest BCUT2D eigenvalue weighted by molar-refractivity contribution is -0.116. The summed E-state index contributed by atoms with van der Waals surface area (Å²) in [4.78, 5) is 25.5. The summed E-state index contributed by atoms with van der Waals surface area (Å²) >= 11 is 0. The number of esters is 1. The molecule has 2 rings (SSSR count). The first-order valence-electron chi connectivity index (χ1n) is 8.28. The third-order valence-electron chi connectivity index (χ3n) is 3.94. The first kappa shape index (κ1) is 20.6.